The highest BCUT2D eigenvalue weighted by molar-refractivity contribution is 6.07. The Hall–Kier alpha value is -3.76. The van der Waals surface area contributed by atoms with E-state index in [1.807, 2.05) is 71.6 Å². The average Bonchev–Trinajstić information content (AvgIpc) is 2.89. The van der Waals surface area contributed by atoms with Gasteiger partial charge >= 0.3 is 0 Å². The van der Waals surface area contributed by atoms with E-state index in [4.69, 9.17) is 4.98 Å². The molecule has 1 amide bonds. The molecule has 1 fully saturated rings. The van der Waals surface area contributed by atoms with E-state index >= 15 is 0 Å². The van der Waals surface area contributed by atoms with E-state index in [0.29, 0.717) is 0 Å². The van der Waals surface area contributed by atoms with Crippen molar-refractivity contribution in [3.8, 4) is 11.3 Å². The largest absolute Gasteiger partial charge is 0.336 e. The first-order chi connectivity index (χ1) is 16.3. The molecule has 4 aromatic rings. The lowest BCUT2D eigenvalue weighted by atomic mass is 10.0. The molecule has 0 unspecified atom stereocenters. The number of para-hydroxylation sites is 1. The fourth-order valence-electron chi connectivity index (χ4n) is 4.32. The van der Waals surface area contributed by atoms with Crippen LogP contribution in [0.25, 0.3) is 28.2 Å². The molecule has 1 aliphatic rings. The van der Waals surface area contributed by atoms with Crippen molar-refractivity contribution in [3.05, 3.63) is 108 Å². The normalized spacial score (nSPS) is 14.7. The van der Waals surface area contributed by atoms with E-state index in [9.17, 15) is 4.79 Å². The van der Waals surface area contributed by atoms with Crippen LogP contribution in [0.4, 0.5) is 0 Å². The molecular formula is C29H27N3O. The highest BCUT2D eigenvalue weighted by atomic mass is 16.2. The SMILES string of the molecule is O=C(c1cc(-c2ccccc2)nc2ccccc12)N1CCN(C/C=C/c2ccccc2)CC1. The third kappa shape index (κ3) is 4.86. The monoisotopic (exact) mass is 433 g/mol. The topological polar surface area (TPSA) is 36.4 Å². The maximum Gasteiger partial charge on any atom is 0.254 e. The van der Waals surface area contributed by atoms with Crippen LogP contribution >= 0.6 is 0 Å². The van der Waals surface area contributed by atoms with Gasteiger partial charge in [0.05, 0.1) is 16.8 Å². The van der Waals surface area contributed by atoms with Crippen LogP contribution in [0.15, 0.2) is 97.1 Å². The lowest BCUT2D eigenvalue weighted by molar-refractivity contribution is 0.0652. The maximum absolute atomic E-state index is 13.6. The molecule has 0 N–H and O–H groups in total. The molecule has 4 heteroatoms. The Morgan fingerprint density at radius 2 is 1.48 bits per heavy atom. The molecule has 4 nitrogen and oxygen atoms in total. The van der Waals surface area contributed by atoms with Crippen LogP contribution in [0.5, 0.6) is 0 Å². The number of piperazine rings is 1. The van der Waals surface area contributed by atoms with Crippen LogP contribution in [-0.2, 0) is 0 Å². The molecule has 2 heterocycles. The van der Waals surface area contributed by atoms with E-state index in [0.717, 1.165) is 60.4 Å². The standard InChI is InChI=1S/C29H27N3O/c33-29(32-20-18-31(19-21-32)17-9-12-23-10-3-1-4-11-23)26-22-28(24-13-5-2-6-14-24)30-27-16-8-7-15-25(26)27/h1-16,22H,17-21H2/b12-9+. The van der Waals surface area contributed by atoms with Gasteiger partial charge in [0.25, 0.3) is 5.91 Å². The Labute approximate surface area is 194 Å². The summed E-state index contributed by atoms with van der Waals surface area (Å²) < 4.78 is 0. The Bertz CT molecular complexity index is 1260. The van der Waals surface area contributed by atoms with E-state index in [-0.39, 0.29) is 5.91 Å². The van der Waals surface area contributed by atoms with E-state index < -0.39 is 0 Å². The average molecular weight is 434 g/mol. The molecule has 0 radical (unpaired) electrons. The molecular weight excluding hydrogens is 406 g/mol. The van der Waals surface area contributed by atoms with Gasteiger partial charge in [0.2, 0.25) is 0 Å². The van der Waals surface area contributed by atoms with Gasteiger partial charge < -0.3 is 4.90 Å². The van der Waals surface area contributed by atoms with Crippen LogP contribution in [0.2, 0.25) is 0 Å². The summed E-state index contributed by atoms with van der Waals surface area (Å²) >= 11 is 0. The van der Waals surface area contributed by atoms with Gasteiger partial charge in [-0.15, -0.1) is 0 Å². The molecule has 1 saturated heterocycles. The molecule has 3 aromatic carbocycles. The van der Waals surface area contributed by atoms with Crippen LogP contribution in [-0.4, -0.2) is 53.4 Å². The lowest BCUT2D eigenvalue weighted by Gasteiger charge is -2.34. The van der Waals surface area contributed by atoms with E-state index in [1.165, 1.54) is 5.56 Å². The summed E-state index contributed by atoms with van der Waals surface area (Å²) in [5.74, 6) is 0.0882. The zero-order chi connectivity index (χ0) is 22.5. The Morgan fingerprint density at radius 1 is 0.818 bits per heavy atom. The molecule has 0 spiro atoms. The number of hydrogen-bond donors (Lipinski definition) is 0. The Morgan fingerprint density at radius 3 is 2.24 bits per heavy atom. The molecule has 1 aromatic heterocycles. The molecule has 0 atom stereocenters. The van der Waals surface area contributed by atoms with Crippen molar-refractivity contribution >= 4 is 22.9 Å². The number of pyridine rings is 1. The fraction of sp³-hybridized carbons (Fsp3) is 0.172. The Kier molecular flexibility index (Phi) is 6.27. The number of benzene rings is 3. The predicted molar refractivity (Wildman–Crippen MR) is 135 cm³/mol. The van der Waals surface area contributed by atoms with Crippen molar-refractivity contribution in [1.29, 1.82) is 0 Å². The van der Waals surface area contributed by atoms with Crippen molar-refractivity contribution in [3.63, 3.8) is 0 Å². The summed E-state index contributed by atoms with van der Waals surface area (Å²) in [7, 11) is 0. The second kappa shape index (κ2) is 9.80. The Balaban J connectivity index is 1.31. The number of aromatic nitrogens is 1. The summed E-state index contributed by atoms with van der Waals surface area (Å²) in [4.78, 5) is 22.8. The quantitative estimate of drug-likeness (QED) is 0.424. The van der Waals surface area contributed by atoms with Crippen molar-refractivity contribution in [2.75, 3.05) is 32.7 Å². The third-order valence-corrected chi connectivity index (χ3v) is 6.15. The van der Waals surface area contributed by atoms with E-state index in [2.05, 4.69) is 41.3 Å². The number of nitrogens with zero attached hydrogens (tertiary/aromatic N) is 3. The number of amides is 1. The van der Waals surface area contributed by atoms with Gasteiger partial charge in [0.15, 0.2) is 0 Å². The second-order valence-electron chi connectivity index (χ2n) is 8.34. The van der Waals surface area contributed by atoms with Crippen molar-refractivity contribution in [1.82, 2.24) is 14.8 Å². The highest BCUT2D eigenvalue weighted by Crippen LogP contribution is 2.26. The molecule has 1 aliphatic heterocycles. The number of fused-ring (bicyclic) bond motifs is 1. The summed E-state index contributed by atoms with van der Waals surface area (Å²) in [5, 5.41) is 0.912. The minimum Gasteiger partial charge on any atom is -0.336 e. The fourth-order valence-corrected chi connectivity index (χ4v) is 4.32. The van der Waals surface area contributed by atoms with Gasteiger partial charge in [-0.3, -0.25) is 9.69 Å². The first kappa shape index (κ1) is 21.1. The molecule has 164 valence electrons. The van der Waals surface area contributed by atoms with Crippen LogP contribution in [0.3, 0.4) is 0 Å². The van der Waals surface area contributed by atoms with Gasteiger partial charge in [0, 0.05) is 43.7 Å². The summed E-state index contributed by atoms with van der Waals surface area (Å²) in [6.07, 6.45) is 4.36. The second-order valence-corrected chi connectivity index (χ2v) is 8.34. The molecule has 0 aliphatic carbocycles. The number of carbonyl (C=O) groups is 1. The van der Waals surface area contributed by atoms with Gasteiger partial charge in [-0.2, -0.15) is 0 Å². The zero-order valence-corrected chi connectivity index (χ0v) is 18.6. The maximum atomic E-state index is 13.6. The smallest absolute Gasteiger partial charge is 0.254 e. The van der Waals surface area contributed by atoms with Gasteiger partial charge in [-0.05, 0) is 17.7 Å². The minimum atomic E-state index is 0.0882. The van der Waals surface area contributed by atoms with Crippen molar-refractivity contribution in [2.24, 2.45) is 0 Å². The van der Waals surface area contributed by atoms with Gasteiger partial charge in [0.1, 0.15) is 0 Å². The lowest BCUT2D eigenvalue weighted by Crippen LogP contribution is -2.48. The summed E-state index contributed by atoms with van der Waals surface area (Å²) in [6, 6.07) is 30.3. The van der Waals surface area contributed by atoms with Crippen LogP contribution in [0.1, 0.15) is 15.9 Å². The zero-order valence-electron chi connectivity index (χ0n) is 18.6. The predicted octanol–water partition coefficient (Wildman–Crippen LogP) is 5.37. The first-order valence-corrected chi connectivity index (χ1v) is 11.5. The number of rotatable bonds is 5. The third-order valence-electron chi connectivity index (χ3n) is 6.15. The van der Waals surface area contributed by atoms with Crippen molar-refractivity contribution in [2.45, 2.75) is 0 Å². The molecule has 0 saturated carbocycles. The molecule has 0 bridgehead atoms. The van der Waals surface area contributed by atoms with Crippen molar-refractivity contribution < 1.29 is 4.79 Å². The first-order valence-electron chi connectivity index (χ1n) is 11.5. The number of carbonyl (C=O) groups excluding carboxylic acids is 1. The van der Waals surface area contributed by atoms with Crippen LogP contribution in [0, 0.1) is 0 Å². The summed E-state index contributed by atoms with van der Waals surface area (Å²) in [5.41, 5.74) is 4.66. The highest BCUT2D eigenvalue weighted by Gasteiger charge is 2.24. The number of hydrogen-bond acceptors (Lipinski definition) is 3. The minimum absolute atomic E-state index is 0.0882. The molecule has 5 rings (SSSR count). The van der Waals surface area contributed by atoms with E-state index in [1.54, 1.807) is 0 Å². The van der Waals surface area contributed by atoms with Crippen LogP contribution < -0.4 is 0 Å². The summed E-state index contributed by atoms with van der Waals surface area (Å²) in [6.45, 7) is 4.11. The van der Waals surface area contributed by atoms with Gasteiger partial charge in [-0.25, -0.2) is 4.98 Å². The molecule has 33 heavy (non-hydrogen) atoms. The van der Waals surface area contributed by atoms with Gasteiger partial charge in [-0.1, -0.05) is 91.0 Å².